The second-order valence-corrected chi connectivity index (χ2v) is 5.44. The Kier molecular flexibility index (Phi) is 5.95. The molecular weight excluding hydrogens is 304 g/mol. The number of hydrogen-bond acceptors (Lipinski definition) is 3. The first-order valence-electron chi connectivity index (χ1n) is 7.90. The molecule has 0 unspecified atom stereocenters. The number of anilines is 1. The van der Waals surface area contributed by atoms with E-state index in [1.165, 1.54) is 0 Å². The third-order valence-corrected chi connectivity index (χ3v) is 3.61. The highest BCUT2D eigenvalue weighted by atomic mass is 16.5. The van der Waals surface area contributed by atoms with Gasteiger partial charge in [0.05, 0.1) is 18.4 Å². The van der Waals surface area contributed by atoms with Crippen LogP contribution in [0.4, 0.5) is 5.69 Å². The minimum atomic E-state index is -0.267. The number of carbonyl (C=O) groups excluding carboxylic acids is 2. The van der Waals surface area contributed by atoms with Crippen LogP contribution in [-0.2, 0) is 0 Å². The number of nitrogens with one attached hydrogen (secondary N) is 2. The summed E-state index contributed by atoms with van der Waals surface area (Å²) in [7, 11) is 1.59. The second-order valence-electron chi connectivity index (χ2n) is 5.44. The summed E-state index contributed by atoms with van der Waals surface area (Å²) in [6.45, 7) is 4.46. The number of hydrogen-bond donors (Lipinski definition) is 2. The van der Waals surface area contributed by atoms with Gasteiger partial charge in [0.25, 0.3) is 11.8 Å². The van der Waals surface area contributed by atoms with E-state index in [0.717, 1.165) is 17.7 Å². The van der Waals surface area contributed by atoms with Gasteiger partial charge in [-0.15, -0.1) is 0 Å². The minimum absolute atomic E-state index is 0.196. The lowest BCUT2D eigenvalue weighted by Crippen LogP contribution is -2.25. The quantitative estimate of drug-likeness (QED) is 0.855. The lowest BCUT2D eigenvalue weighted by atomic mass is 10.1. The van der Waals surface area contributed by atoms with Gasteiger partial charge in [-0.1, -0.05) is 19.1 Å². The highest BCUT2D eigenvalue weighted by Gasteiger charge is 2.14. The minimum Gasteiger partial charge on any atom is -0.496 e. The van der Waals surface area contributed by atoms with E-state index >= 15 is 0 Å². The molecule has 0 atom stereocenters. The van der Waals surface area contributed by atoms with Crippen LogP contribution in [0.5, 0.6) is 5.75 Å². The largest absolute Gasteiger partial charge is 0.496 e. The van der Waals surface area contributed by atoms with Crippen molar-refractivity contribution in [2.24, 2.45) is 0 Å². The van der Waals surface area contributed by atoms with Crippen LogP contribution >= 0.6 is 0 Å². The van der Waals surface area contributed by atoms with E-state index in [4.69, 9.17) is 4.74 Å². The van der Waals surface area contributed by atoms with Crippen LogP contribution in [0.25, 0.3) is 0 Å². The zero-order valence-corrected chi connectivity index (χ0v) is 14.2. The molecule has 0 heterocycles. The normalized spacial score (nSPS) is 10.1. The van der Waals surface area contributed by atoms with Gasteiger partial charge in [-0.25, -0.2) is 0 Å². The fourth-order valence-electron chi connectivity index (χ4n) is 2.34. The number of benzene rings is 2. The van der Waals surface area contributed by atoms with Crippen LogP contribution in [0.3, 0.4) is 0 Å². The maximum Gasteiger partial charge on any atom is 0.255 e. The SMILES string of the molecule is CCCNC(=O)c1ccccc1NC(=O)c1ccc(OC)c(C)c1. The van der Waals surface area contributed by atoms with Crippen LogP contribution in [0.1, 0.15) is 39.6 Å². The zero-order chi connectivity index (χ0) is 17.5. The first kappa shape index (κ1) is 17.5. The lowest BCUT2D eigenvalue weighted by Gasteiger charge is -2.12. The van der Waals surface area contributed by atoms with E-state index in [0.29, 0.717) is 23.4 Å². The molecule has 0 bridgehead atoms. The Labute approximate surface area is 142 Å². The topological polar surface area (TPSA) is 67.4 Å². The molecule has 0 aliphatic rings. The first-order valence-corrected chi connectivity index (χ1v) is 7.90. The smallest absolute Gasteiger partial charge is 0.255 e. The summed E-state index contributed by atoms with van der Waals surface area (Å²) >= 11 is 0. The van der Waals surface area contributed by atoms with Gasteiger partial charge in [0.2, 0.25) is 0 Å². The van der Waals surface area contributed by atoms with Gasteiger partial charge in [0, 0.05) is 12.1 Å². The Morgan fingerprint density at radius 2 is 1.83 bits per heavy atom. The van der Waals surface area contributed by atoms with E-state index in [1.54, 1.807) is 49.6 Å². The van der Waals surface area contributed by atoms with Crippen LogP contribution in [0.15, 0.2) is 42.5 Å². The third-order valence-electron chi connectivity index (χ3n) is 3.61. The number of amides is 2. The molecule has 0 saturated carbocycles. The van der Waals surface area contributed by atoms with Gasteiger partial charge in [-0.05, 0) is 49.2 Å². The highest BCUT2D eigenvalue weighted by Crippen LogP contribution is 2.20. The maximum absolute atomic E-state index is 12.5. The molecule has 2 aromatic rings. The van der Waals surface area contributed by atoms with E-state index in [1.807, 2.05) is 13.8 Å². The van der Waals surface area contributed by atoms with Crippen molar-refractivity contribution in [1.29, 1.82) is 0 Å². The van der Waals surface area contributed by atoms with Gasteiger partial charge in [0.15, 0.2) is 0 Å². The molecule has 24 heavy (non-hydrogen) atoms. The Morgan fingerprint density at radius 3 is 2.50 bits per heavy atom. The van der Waals surface area contributed by atoms with Gasteiger partial charge >= 0.3 is 0 Å². The van der Waals surface area contributed by atoms with Crippen LogP contribution in [0.2, 0.25) is 0 Å². The summed E-state index contributed by atoms with van der Waals surface area (Å²) in [5.41, 5.74) is 2.32. The summed E-state index contributed by atoms with van der Waals surface area (Å²) in [5.74, 6) is 0.265. The molecule has 5 heteroatoms. The summed E-state index contributed by atoms with van der Waals surface area (Å²) in [4.78, 5) is 24.7. The Balaban J connectivity index is 2.20. The molecule has 0 aromatic heterocycles. The fourth-order valence-corrected chi connectivity index (χ4v) is 2.34. The Morgan fingerprint density at radius 1 is 1.08 bits per heavy atom. The van der Waals surface area contributed by atoms with Crippen molar-refractivity contribution in [2.75, 3.05) is 19.0 Å². The van der Waals surface area contributed by atoms with Gasteiger partial charge in [-0.3, -0.25) is 9.59 Å². The third kappa shape index (κ3) is 4.13. The standard InChI is InChI=1S/C19H22N2O3/c1-4-11-20-19(23)15-7-5-6-8-16(15)21-18(22)14-9-10-17(24-3)13(2)12-14/h5-10,12H,4,11H2,1-3H3,(H,20,23)(H,21,22). The molecule has 2 amide bonds. The van der Waals surface area contributed by atoms with Crippen molar-refractivity contribution in [3.63, 3.8) is 0 Å². The van der Waals surface area contributed by atoms with Crippen molar-refractivity contribution < 1.29 is 14.3 Å². The molecule has 0 fully saturated rings. The molecule has 0 aliphatic carbocycles. The van der Waals surface area contributed by atoms with Crippen molar-refractivity contribution in [2.45, 2.75) is 20.3 Å². The van der Waals surface area contributed by atoms with Gasteiger partial charge < -0.3 is 15.4 Å². The predicted molar refractivity (Wildman–Crippen MR) is 94.8 cm³/mol. The Hall–Kier alpha value is -2.82. The van der Waals surface area contributed by atoms with E-state index < -0.39 is 0 Å². The second kappa shape index (κ2) is 8.15. The number of aryl methyl sites for hydroxylation is 1. The average molecular weight is 326 g/mol. The average Bonchev–Trinajstić information content (AvgIpc) is 2.60. The molecule has 0 radical (unpaired) electrons. The van der Waals surface area contributed by atoms with Crippen LogP contribution in [0, 0.1) is 6.92 Å². The summed E-state index contributed by atoms with van der Waals surface area (Å²) in [6.07, 6.45) is 0.853. The number of carbonyl (C=O) groups is 2. The monoisotopic (exact) mass is 326 g/mol. The maximum atomic E-state index is 12.5. The fraction of sp³-hybridized carbons (Fsp3) is 0.263. The number of ether oxygens (including phenoxy) is 1. The molecule has 2 aromatic carbocycles. The molecular formula is C19H22N2O3. The number of methoxy groups -OCH3 is 1. The Bertz CT molecular complexity index is 741. The van der Waals surface area contributed by atoms with Gasteiger partial charge in [0.1, 0.15) is 5.75 Å². The highest BCUT2D eigenvalue weighted by molar-refractivity contribution is 6.09. The molecule has 5 nitrogen and oxygen atoms in total. The van der Waals surface area contributed by atoms with Crippen LogP contribution in [-0.4, -0.2) is 25.5 Å². The first-order chi connectivity index (χ1) is 11.6. The number of rotatable bonds is 6. The van der Waals surface area contributed by atoms with Crippen molar-refractivity contribution in [3.8, 4) is 5.75 Å². The number of para-hydroxylation sites is 1. The van der Waals surface area contributed by atoms with Crippen molar-refractivity contribution in [1.82, 2.24) is 5.32 Å². The molecule has 0 aliphatic heterocycles. The van der Waals surface area contributed by atoms with Gasteiger partial charge in [-0.2, -0.15) is 0 Å². The summed E-state index contributed by atoms with van der Waals surface area (Å²) in [6, 6.07) is 12.2. The molecule has 0 spiro atoms. The van der Waals surface area contributed by atoms with E-state index in [9.17, 15) is 9.59 Å². The summed E-state index contributed by atoms with van der Waals surface area (Å²) in [5, 5.41) is 5.63. The van der Waals surface area contributed by atoms with Crippen molar-refractivity contribution >= 4 is 17.5 Å². The molecule has 126 valence electrons. The van der Waals surface area contributed by atoms with E-state index in [2.05, 4.69) is 10.6 Å². The van der Waals surface area contributed by atoms with Crippen molar-refractivity contribution in [3.05, 3.63) is 59.2 Å². The predicted octanol–water partition coefficient (Wildman–Crippen LogP) is 3.40. The zero-order valence-electron chi connectivity index (χ0n) is 14.2. The molecule has 2 rings (SSSR count). The van der Waals surface area contributed by atoms with Crippen LogP contribution < -0.4 is 15.4 Å². The lowest BCUT2D eigenvalue weighted by molar-refractivity contribution is 0.0954. The summed E-state index contributed by atoms with van der Waals surface area (Å²) < 4.78 is 5.20. The molecule has 0 saturated heterocycles. The van der Waals surface area contributed by atoms with E-state index in [-0.39, 0.29) is 11.8 Å². The molecule has 2 N–H and O–H groups in total.